The third-order valence-electron chi connectivity index (χ3n) is 7.60. The number of pyridine rings is 1. The molecule has 0 unspecified atom stereocenters. The molecule has 0 radical (unpaired) electrons. The third-order valence-corrected chi connectivity index (χ3v) is 7.91. The van der Waals surface area contributed by atoms with Crippen LogP contribution in [0, 0.1) is 6.92 Å². The first-order chi connectivity index (χ1) is 20.0. The summed E-state index contributed by atoms with van der Waals surface area (Å²) in [6.07, 6.45) is 1.03. The lowest BCUT2D eigenvalue weighted by Gasteiger charge is -2.38. The number of hydrogen-bond acceptors (Lipinski definition) is 6. The molecule has 222 valence electrons. The fourth-order valence-corrected chi connectivity index (χ4v) is 5.27. The number of carbonyl (C=O) groups excluding carboxylic acids is 2. The van der Waals surface area contributed by atoms with Gasteiger partial charge in [-0.15, -0.1) is 0 Å². The molecule has 0 bridgehead atoms. The largest absolute Gasteiger partial charge is 0.492 e. The molecule has 4 rings (SSSR count). The highest BCUT2D eigenvalue weighted by Crippen LogP contribution is 2.36. The second-order valence-corrected chi connectivity index (χ2v) is 11.3. The number of carboxylic acids is 1. The molecular weight excluding hydrogens is 556 g/mol. The van der Waals surface area contributed by atoms with Crippen LogP contribution in [0.4, 0.5) is 0 Å². The fourth-order valence-electron chi connectivity index (χ4n) is 5.10. The molecule has 10 heteroatoms. The van der Waals surface area contributed by atoms with E-state index in [0.29, 0.717) is 28.6 Å². The highest BCUT2D eigenvalue weighted by atomic mass is 35.5. The maximum Gasteiger partial charge on any atom is 0.329 e. The third kappa shape index (κ3) is 7.09. The van der Waals surface area contributed by atoms with E-state index in [4.69, 9.17) is 21.3 Å². The Morgan fingerprint density at radius 3 is 2.43 bits per heavy atom. The Kier molecular flexibility index (Phi) is 9.85. The predicted molar refractivity (Wildman–Crippen MR) is 163 cm³/mol. The number of ether oxygens (including phenoxy) is 1. The summed E-state index contributed by atoms with van der Waals surface area (Å²) in [5, 5.41) is 13.3. The molecule has 2 amide bonds. The molecule has 2 heterocycles. The van der Waals surface area contributed by atoms with Crippen molar-refractivity contribution in [3.05, 3.63) is 70.9 Å². The summed E-state index contributed by atoms with van der Waals surface area (Å²) in [5.41, 5.74) is 2.64. The maximum atomic E-state index is 13.5. The first-order valence-corrected chi connectivity index (χ1v) is 14.3. The number of rotatable bonds is 10. The van der Waals surface area contributed by atoms with E-state index in [0.717, 1.165) is 29.7 Å². The smallest absolute Gasteiger partial charge is 0.329 e. The van der Waals surface area contributed by atoms with Gasteiger partial charge in [0, 0.05) is 37.7 Å². The van der Waals surface area contributed by atoms with Crippen LogP contribution in [-0.2, 0) is 9.59 Å². The van der Waals surface area contributed by atoms with Gasteiger partial charge in [0.05, 0.1) is 17.3 Å². The van der Waals surface area contributed by atoms with Crippen molar-refractivity contribution < 1.29 is 24.2 Å². The molecule has 0 aliphatic carbocycles. The van der Waals surface area contributed by atoms with Crippen LogP contribution in [0.1, 0.15) is 42.2 Å². The van der Waals surface area contributed by atoms with Crippen LogP contribution >= 0.6 is 11.6 Å². The van der Waals surface area contributed by atoms with Crippen molar-refractivity contribution >= 4 is 29.4 Å². The van der Waals surface area contributed by atoms with Crippen LogP contribution in [0.25, 0.3) is 22.4 Å². The monoisotopic (exact) mass is 592 g/mol. The molecule has 1 aromatic heterocycles. The molecule has 0 saturated carbocycles. The van der Waals surface area contributed by atoms with Crippen molar-refractivity contribution in [2.45, 2.75) is 38.6 Å². The topological polar surface area (TPSA) is 112 Å². The molecular formula is C32H37ClN4O5. The standard InChI is InChI=1S/C32H37ClN4O5/c1-21-8-5-6-9-24(21)25-11-13-27(30(39)35-32(31(40)41)14-17-37(18-15-32)22(2)38)34-29(25)23-10-12-26(33)28(20-23)42-19-7-16-36(3)4/h5-6,8-13,20H,7,14-19H2,1-4H3,(H,35,39)(H,40,41). The highest BCUT2D eigenvalue weighted by Gasteiger charge is 2.43. The van der Waals surface area contributed by atoms with Crippen LogP contribution in [0.15, 0.2) is 54.6 Å². The highest BCUT2D eigenvalue weighted by molar-refractivity contribution is 6.32. The number of nitrogens with zero attached hydrogens (tertiary/aromatic N) is 3. The van der Waals surface area contributed by atoms with E-state index in [9.17, 15) is 19.5 Å². The van der Waals surface area contributed by atoms with Crippen LogP contribution in [0.5, 0.6) is 5.75 Å². The SMILES string of the molecule is CC(=O)N1CCC(NC(=O)c2ccc(-c3ccccc3C)c(-c3ccc(Cl)c(OCCCN(C)C)c3)n2)(C(=O)O)CC1. The number of nitrogens with one attached hydrogen (secondary N) is 1. The number of aliphatic carboxylic acids is 1. The molecule has 0 spiro atoms. The molecule has 3 aromatic rings. The van der Waals surface area contributed by atoms with Gasteiger partial charge in [0.25, 0.3) is 5.91 Å². The van der Waals surface area contributed by atoms with Gasteiger partial charge < -0.3 is 25.0 Å². The van der Waals surface area contributed by atoms with E-state index in [1.54, 1.807) is 17.0 Å². The summed E-state index contributed by atoms with van der Waals surface area (Å²) in [6.45, 7) is 5.30. The van der Waals surface area contributed by atoms with Crippen molar-refractivity contribution in [2.75, 3.05) is 40.3 Å². The second-order valence-electron chi connectivity index (χ2n) is 10.9. The first kappa shape index (κ1) is 31.0. The van der Waals surface area contributed by atoms with E-state index < -0.39 is 17.4 Å². The Bertz CT molecular complexity index is 1470. The number of likely N-dealkylation sites (tertiary alicyclic amines) is 1. The molecule has 1 aliphatic heterocycles. The van der Waals surface area contributed by atoms with Gasteiger partial charge in [-0.2, -0.15) is 0 Å². The quantitative estimate of drug-likeness (QED) is 0.322. The number of aromatic nitrogens is 1. The van der Waals surface area contributed by atoms with E-state index in [1.807, 2.05) is 63.5 Å². The van der Waals surface area contributed by atoms with Gasteiger partial charge in [-0.3, -0.25) is 9.59 Å². The zero-order valence-corrected chi connectivity index (χ0v) is 25.2. The number of carbonyl (C=O) groups is 3. The van der Waals surface area contributed by atoms with Gasteiger partial charge >= 0.3 is 5.97 Å². The Morgan fingerprint density at radius 2 is 1.79 bits per heavy atom. The lowest BCUT2D eigenvalue weighted by atomic mass is 9.87. The zero-order chi connectivity index (χ0) is 30.4. The van der Waals surface area contributed by atoms with E-state index in [2.05, 4.69) is 10.2 Å². The average Bonchev–Trinajstić information content (AvgIpc) is 2.96. The van der Waals surface area contributed by atoms with Gasteiger partial charge in [0.2, 0.25) is 5.91 Å². The van der Waals surface area contributed by atoms with Gasteiger partial charge in [-0.25, -0.2) is 9.78 Å². The summed E-state index contributed by atoms with van der Waals surface area (Å²) in [4.78, 5) is 46.1. The van der Waals surface area contributed by atoms with E-state index in [-0.39, 0.29) is 37.5 Å². The van der Waals surface area contributed by atoms with Crippen LogP contribution in [-0.4, -0.2) is 83.5 Å². The van der Waals surface area contributed by atoms with E-state index >= 15 is 0 Å². The normalized spacial score (nSPS) is 14.5. The number of halogens is 1. The summed E-state index contributed by atoms with van der Waals surface area (Å²) >= 11 is 6.47. The van der Waals surface area contributed by atoms with Crippen LogP contribution in [0.2, 0.25) is 5.02 Å². The summed E-state index contributed by atoms with van der Waals surface area (Å²) in [6, 6.07) is 16.7. The van der Waals surface area contributed by atoms with Crippen LogP contribution in [0.3, 0.4) is 0 Å². The molecule has 2 N–H and O–H groups in total. The van der Waals surface area contributed by atoms with Gasteiger partial charge in [0.1, 0.15) is 17.0 Å². The van der Waals surface area contributed by atoms with E-state index in [1.165, 1.54) is 6.92 Å². The Balaban J connectivity index is 1.70. The molecule has 0 atom stereocenters. The van der Waals surface area contributed by atoms with Gasteiger partial charge in [-0.05, 0) is 75.7 Å². The number of carboxylic acid groups (broad SMARTS) is 1. The minimum atomic E-state index is -1.49. The lowest BCUT2D eigenvalue weighted by molar-refractivity contribution is -0.148. The zero-order valence-electron chi connectivity index (χ0n) is 24.4. The van der Waals surface area contributed by atoms with Gasteiger partial charge in [0.15, 0.2) is 0 Å². The number of piperidine rings is 1. The molecule has 42 heavy (non-hydrogen) atoms. The van der Waals surface area contributed by atoms with Crippen molar-refractivity contribution in [2.24, 2.45) is 0 Å². The van der Waals surface area contributed by atoms with Crippen molar-refractivity contribution in [1.29, 1.82) is 0 Å². The number of amides is 2. The summed E-state index contributed by atoms with van der Waals surface area (Å²) in [5.74, 6) is -1.34. The Labute approximate surface area is 251 Å². The molecule has 2 aromatic carbocycles. The lowest BCUT2D eigenvalue weighted by Crippen LogP contribution is -2.60. The molecule has 1 saturated heterocycles. The Hall–Kier alpha value is -3.95. The van der Waals surface area contributed by atoms with Crippen molar-refractivity contribution in [3.63, 3.8) is 0 Å². The second kappa shape index (κ2) is 13.4. The number of benzene rings is 2. The van der Waals surface area contributed by atoms with Crippen molar-refractivity contribution in [1.82, 2.24) is 20.1 Å². The number of hydrogen-bond donors (Lipinski definition) is 2. The minimum absolute atomic E-state index is 0.0837. The maximum absolute atomic E-state index is 13.5. The summed E-state index contributed by atoms with van der Waals surface area (Å²) in [7, 11) is 4.01. The van der Waals surface area contributed by atoms with Gasteiger partial charge in [-0.1, -0.05) is 41.9 Å². The minimum Gasteiger partial charge on any atom is -0.492 e. The molecule has 1 fully saturated rings. The first-order valence-electron chi connectivity index (χ1n) is 14.0. The predicted octanol–water partition coefficient (Wildman–Crippen LogP) is 4.90. The average molecular weight is 593 g/mol. The summed E-state index contributed by atoms with van der Waals surface area (Å²) < 4.78 is 6.00. The Morgan fingerprint density at radius 1 is 1.07 bits per heavy atom. The number of aryl methyl sites for hydroxylation is 1. The van der Waals surface area contributed by atoms with Crippen molar-refractivity contribution in [3.8, 4) is 28.1 Å². The molecule has 1 aliphatic rings. The fraction of sp³-hybridized carbons (Fsp3) is 0.375. The molecule has 9 nitrogen and oxygen atoms in total. The van der Waals surface area contributed by atoms with Crippen LogP contribution < -0.4 is 10.1 Å².